The summed E-state index contributed by atoms with van der Waals surface area (Å²) in [7, 11) is 0. The molecule has 164 valence electrons. The lowest BCUT2D eigenvalue weighted by Gasteiger charge is -2.06. The third-order valence-corrected chi connectivity index (χ3v) is 4.73. The van der Waals surface area contributed by atoms with Gasteiger partial charge in [0, 0.05) is 5.02 Å². The van der Waals surface area contributed by atoms with E-state index in [1.165, 1.54) is 29.1 Å². The molecular formula is C22H16Cl2FN3O4. The third kappa shape index (κ3) is 5.60. The van der Waals surface area contributed by atoms with Crippen molar-refractivity contribution in [2.45, 2.75) is 13.3 Å². The van der Waals surface area contributed by atoms with Gasteiger partial charge in [0.2, 0.25) is 0 Å². The molecule has 1 amide bonds. The Hall–Kier alpha value is -3.49. The molecule has 0 saturated heterocycles. The first-order valence-corrected chi connectivity index (χ1v) is 10.1. The highest BCUT2D eigenvalue weighted by molar-refractivity contribution is 6.32. The summed E-state index contributed by atoms with van der Waals surface area (Å²) in [5.74, 6) is 0.497. The zero-order valence-electron chi connectivity index (χ0n) is 16.4. The van der Waals surface area contributed by atoms with E-state index in [4.69, 9.17) is 37.1 Å². The van der Waals surface area contributed by atoms with Crippen molar-refractivity contribution >= 4 is 34.8 Å². The number of furan rings is 1. The zero-order valence-corrected chi connectivity index (χ0v) is 17.9. The molecule has 0 aliphatic rings. The fraction of sp³-hybridized carbons (Fsp3) is 0.0909. The molecule has 2 aromatic carbocycles. The third-order valence-electron chi connectivity index (χ3n) is 4.20. The number of aromatic nitrogens is 2. The summed E-state index contributed by atoms with van der Waals surface area (Å²) in [5, 5.41) is 7.54. The molecule has 4 rings (SSSR count). The predicted octanol–water partition coefficient (Wildman–Crippen LogP) is 5.79. The van der Waals surface area contributed by atoms with Crippen LogP contribution in [0.2, 0.25) is 10.0 Å². The van der Waals surface area contributed by atoms with E-state index in [0.29, 0.717) is 28.0 Å². The summed E-state index contributed by atoms with van der Waals surface area (Å²) < 4.78 is 31.2. The number of hydrogen-bond donors (Lipinski definition) is 1. The minimum Gasteiger partial charge on any atom is -0.484 e. The standard InChI is InChI=1S/C22H16Cl2FN3O4/c23-14-2-1-3-17(8-14)31-13-28-11-16(10-26-28)27-22(29)21-7-5-18(32-21)12-30-20-6-4-15(25)9-19(20)24/h1-11H,12-13H2,(H,27,29). The topological polar surface area (TPSA) is 78.5 Å². The van der Waals surface area contributed by atoms with Crippen molar-refractivity contribution in [2.24, 2.45) is 0 Å². The normalized spacial score (nSPS) is 10.7. The lowest BCUT2D eigenvalue weighted by Crippen LogP contribution is -2.10. The second-order valence-electron chi connectivity index (χ2n) is 6.58. The van der Waals surface area contributed by atoms with E-state index in [-0.39, 0.29) is 24.1 Å². The van der Waals surface area contributed by atoms with Gasteiger partial charge in [-0.3, -0.25) is 4.79 Å². The maximum atomic E-state index is 13.1. The number of anilines is 1. The van der Waals surface area contributed by atoms with Crippen LogP contribution in [0, 0.1) is 5.82 Å². The van der Waals surface area contributed by atoms with Crippen molar-refractivity contribution in [1.29, 1.82) is 0 Å². The van der Waals surface area contributed by atoms with Crippen molar-refractivity contribution in [3.05, 3.63) is 94.4 Å². The molecule has 2 heterocycles. The highest BCUT2D eigenvalue weighted by atomic mass is 35.5. The number of benzene rings is 2. The largest absolute Gasteiger partial charge is 0.484 e. The van der Waals surface area contributed by atoms with Gasteiger partial charge in [0.25, 0.3) is 5.91 Å². The van der Waals surface area contributed by atoms with Crippen LogP contribution >= 0.6 is 23.2 Å². The van der Waals surface area contributed by atoms with Gasteiger partial charge in [-0.25, -0.2) is 9.07 Å². The van der Waals surface area contributed by atoms with Crippen LogP contribution in [0.3, 0.4) is 0 Å². The molecule has 10 heteroatoms. The molecule has 0 spiro atoms. The van der Waals surface area contributed by atoms with Crippen LogP contribution in [0.1, 0.15) is 16.3 Å². The highest BCUT2D eigenvalue weighted by Gasteiger charge is 2.13. The van der Waals surface area contributed by atoms with Crippen LogP contribution < -0.4 is 14.8 Å². The van der Waals surface area contributed by atoms with Crippen molar-refractivity contribution < 1.29 is 23.1 Å². The first-order chi connectivity index (χ1) is 15.5. The number of rotatable bonds is 8. The molecule has 1 N–H and O–H groups in total. The SMILES string of the molecule is O=C(Nc1cnn(COc2cccc(Cl)c2)c1)c1ccc(COc2ccc(F)cc2Cl)o1. The number of hydrogen-bond acceptors (Lipinski definition) is 5. The van der Waals surface area contributed by atoms with Crippen molar-refractivity contribution in [3.8, 4) is 11.5 Å². The Bertz CT molecular complexity index is 1240. The van der Waals surface area contributed by atoms with Gasteiger partial charge in [-0.2, -0.15) is 5.10 Å². The predicted molar refractivity (Wildman–Crippen MR) is 117 cm³/mol. The van der Waals surface area contributed by atoms with Gasteiger partial charge in [0.1, 0.15) is 29.7 Å². The maximum Gasteiger partial charge on any atom is 0.291 e. The average molecular weight is 476 g/mol. The van der Waals surface area contributed by atoms with E-state index in [2.05, 4.69) is 10.4 Å². The molecule has 7 nitrogen and oxygen atoms in total. The smallest absolute Gasteiger partial charge is 0.291 e. The fourth-order valence-corrected chi connectivity index (χ4v) is 3.11. The first-order valence-electron chi connectivity index (χ1n) is 9.35. The average Bonchev–Trinajstić information content (AvgIpc) is 3.41. The van der Waals surface area contributed by atoms with E-state index in [9.17, 15) is 9.18 Å². The second kappa shape index (κ2) is 9.76. The number of nitrogens with zero attached hydrogens (tertiary/aromatic N) is 2. The number of carbonyl (C=O) groups excluding carboxylic acids is 1. The molecule has 32 heavy (non-hydrogen) atoms. The molecule has 0 atom stereocenters. The Morgan fingerprint density at radius 3 is 2.81 bits per heavy atom. The zero-order chi connectivity index (χ0) is 22.5. The summed E-state index contributed by atoms with van der Waals surface area (Å²) in [6.45, 7) is 0.168. The Morgan fingerprint density at radius 1 is 1.12 bits per heavy atom. The number of amides is 1. The summed E-state index contributed by atoms with van der Waals surface area (Å²) in [6, 6.07) is 13.9. The van der Waals surface area contributed by atoms with E-state index >= 15 is 0 Å². The van der Waals surface area contributed by atoms with Gasteiger partial charge in [0.15, 0.2) is 12.5 Å². The van der Waals surface area contributed by atoms with Crippen LogP contribution in [0.5, 0.6) is 11.5 Å². The van der Waals surface area contributed by atoms with Crippen molar-refractivity contribution in [3.63, 3.8) is 0 Å². The molecule has 0 unspecified atom stereocenters. The summed E-state index contributed by atoms with van der Waals surface area (Å²) >= 11 is 11.9. The van der Waals surface area contributed by atoms with E-state index in [1.54, 1.807) is 36.5 Å². The summed E-state index contributed by atoms with van der Waals surface area (Å²) in [4.78, 5) is 12.4. The van der Waals surface area contributed by atoms with Gasteiger partial charge in [0.05, 0.1) is 23.1 Å². The minimum absolute atomic E-state index is 0.0252. The molecule has 0 bridgehead atoms. The molecule has 4 aromatic rings. The summed E-state index contributed by atoms with van der Waals surface area (Å²) in [5.41, 5.74) is 0.469. The van der Waals surface area contributed by atoms with Gasteiger partial charge >= 0.3 is 0 Å². The van der Waals surface area contributed by atoms with Crippen LogP contribution in [0.15, 0.2) is 71.4 Å². The van der Waals surface area contributed by atoms with E-state index in [1.807, 2.05) is 0 Å². The lowest BCUT2D eigenvalue weighted by molar-refractivity contribution is 0.0992. The molecule has 0 fully saturated rings. The van der Waals surface area contributed by atoms with Crippen LogP contribution in [0.4, 0.5) is 10.1 Å². The summed E-state index contributed by atoms with van der Waals surface area (Å²) in [6.07, 6.45) is 3.11. The Kier molecular flexibility index (Phi) is 6.63. The first kappa shape index (κ1) is 21.7. The minimum atomic E-state index is -0.460. The van der Waals surface area contributed by atoms with E-state index < -0.39 is 11.7 Å². The Labute approximate surface area is 192 Å². The Balaban J connectivity index is 1.30. The molecule has 0 saturated carbocycles. The number of nitrogens with one attached hydrogen (secondary N) is 1. The molecule has 0 radical (unpaired) electrons. The molecule has 0 aliphatic heterocycles. The van der Waals surface area contributed by atoms with Gasteiger partial charge in [-0.05, 0) is 48.5 Å². The van der Waals surface area contributed by atoms with Gasteiger partial charge in [-0.1, -0.05) is 29.3 Å². The van der Waals surface area contributed by atoms with E-state index in [0.717, 1.165) is 6.07 Å². The fourth-order valence-electron chi connectivity index (χ4n) is 2.71. The maximum absolute atomic E-state index is 13.1. The second-order valence-corrected chi connectivity index (χ2v) is 7.43. The van der Waals surface area contributed by atoms with Gasteiger partial charge < -0.3 is 19.2 Å². The quantitative estimate of drug-likeness (QED) is 0.348. The Morgan fingerprint density at radius 2 is 2.00 bits per heavy atom. The van der Waals surface area contributed by atoms with Crippen LogP contribution in [-0.4, -0.2) is 15.7 Å². The molecule has 2 aromatic heterocycles. The molecule has 0 aliphatic carbocycles. The van der Waals surface area contributed by atoms with Crippen LogP contribution in [-0.2, 0) is 13.3 Å². The number of halogens is 3. The van der Waals surface area contributed by atoms with Crippen molar-refractivity contribution in [2.75, 3.05) is 5.32 Å². The van der Waals surface area contributed by atoms with Crippen LogP contribution in [0.25, 0.3) is 0 Å². The van der Waals surface area contributed by atoms with Gasteiger partial charge in [-0.15, -0.1) is 0 Å². The van der Waals surface area contributed by atoms with Crippen molar-refractivity contribution in [1.82, 2.24) is 9.78 Å². The highest BCUT2D eigenvalue weighted by Crippen LogP contribution is 2.26. The monoisotopic (exact) mass is 475 g/mol. The molecular weight excluding hydrogens is 460 g/mol. The number of carbonyl (C=O) groups is 1. The lowest BCUT2D eigenvalue weighted by atomic mass is 10.3. The number of ether oxygens (including phenoxy) is 2.